The molecule has 1 rings (SSSR count). The third-order valence-electron chi connectivity index (χ3n) is 2.27. The molecule has 0 saturated carbocycles. The Morgan fingerprint density at radius 3 is 2.89 bits per heavy atom. The first-order chi connectivity index (χ1) is 8.58. The van der Waals surface area contributed by atoms with Gasteiger partial charge in [-0.05, 0) is 39.2 Å². The molecule has 0 aliphatic heterocycles. The van der Waals surface area contributed by atoms with Gasteiger partial charge in [-0.3, -0.25) is 4.79 Å². The van der Waals surface area contributed by atoms with E-state index >= 15 is 0 Å². The molecule has 0 radical (unpaired) electrons. The van der Waals surface area contributed by atoms with E-state index in [1.165, 1.54) is 12.1 Å². The van der Waals surface area contributed by atoms with Crippen LogP contribution in [-0.2, 0) is 4.79 Å². The SMILES string of the molecule is CN(C)CCCNC(=O)COc1cccc(F)c1. The lowest BCUT2D eigenvalue weighted by atomic mass is 10.3. The third-order valence-corrected chi connectivity index (χ3v) is 2.27. The quantitative estimate of drug-likeness (QED) is 0.745. The van der Waals surface area contributed by atoms with Gasteiger partial charge in [0.1, 0.15) is 11.6 Å². The van der Waals surface area contributed by atoms with Crippen molar-refractivity contribution in [1.82, 2.24) is 10.2 Å². The second kappa shape index (κ2) is 7.66. The average Bonchev–Trinajstić information content (AvgIpc) is 2.32. The van der Waals surface area contributed by atoms with E-state index < -0.39 is 0 Å². The summed E-state index contributed by atoms with van der Waals surface area (Å²) in [7, 11) is 3.96. The van der Waals surface area contributed by atoms with Crippen LogP contribution in [0.3, 0.4) is 0 Å². The number of hydrogen-bond acceptors (Lipinski definition) is 3. The fourth-order valence-electron chi connectivity index (χ4n) is 1.38. The Hall–Kier alpha value is -1.62. The number of nitrogens with zero attached hydrogens (tertiary/aromatic N) is 1. The number of ether oxygens (including phenoxy) is 1. The summed E-state index contributed by atoms with van der Waals surface area (Å²) in [6.45, 7) is 1.44. The summed E-state index contributed by atoms with van der Waals surface area (Å²) in [6, 6.07) is 5.73. The lowest BCUT2D eigenvalue weighted by Crippen LogP contribution is -2.31. The van der Waals surface area contributed by atoms with Crippen molar-refractivity contribution in [3.8, 4) is 5.75 Å². The molecule has 0 aliphatic rings. The van der Waals surface area contributed by atoms with Gasteiger partial charge in [0.15, 0.2) is 6.61 Å². The third kappa shape index (κ3) is 6.20. The number of carbonyl (C=O) groups excluding carboxylic acids is 1. The molecule has 0 spiro atoms. The van der Waals surface area contributed by atoms with Gasteiger partial charge in [-0.2, -0.15) is 0 Å². The first kappa shape index (κ1) is 14.4. The lowest BCUT2D eigenvalue weighted by Gasteiger charge is -2.10. The monoisotopic (exact) mass is 254 g/mol. The van der Waals surface area contributed by atoms with Crippen LogP contribution in [0.1, 0.15) is 6.42 Å². The van der Waals surface area contributed by atoms with Crippen molar-refractivity contribution in [2.24, 2.45) is 0 Å². The molecule has 0 aliphatic carbocycles. The molecular weight excluding hydrogens is 235 g/mol. The fraction of sp³-hybridized carbons (Fsp3) is 0.462. The molecular formula is C13H19FN2O2. The van der Waals surface area contributed by atoms with E-state index in [0.29, 0.717) is 12.3 Å². The highest BCUT2D eigenvalue weighted by Gasteiger charge is 2.02. The number of halogens is 1. The Kier molecular flexibility index (Phi) is 6.14. The summed E-state index contributed by atoms with van der Waals surface area (Å²) in [6.07, 6.45) is 0.888. The first-order valence-electron chi connectivity index (χ1n) is 5.88. The highest BCUT2D eigenvalue weighted by molar-refractivity contribution is 5.77. The van der Waals surface area contributed by atoms with Crippen LogP contribution in [0, 0.1) is 5.82 Å². The van der Waals surface area contributed by atoms with E-state index in [-0.39, 0.29) is 18.3 Å². The first-order valence-corrected chi connectivity index (χ1v) is 5.88. The minimum absolute atomic E-state index is 0.0918. The summed E-state index contributed by atoms with van der Waals surface area (Å²) in [4.78, 5) is 13.5. The van der Waals surface area contributed by atoms with Gasteiger partial charge in [-0.25, -0.2) is 4.39 Å². The topological polar surface area (TPSA) is 41.6 Å². The highest BCUT2D eigenvalue weighted by Crippen LogP contribution is 2.11. The Morgan fingerprint density at radius 1 is 1.44 bits per heavy atom. The molecule has 100 valence electrons. The number of rotatable bonds is 7. The minimum Gasteiger partial charge on any atom is -0.484 e. The number of amides is 1. The van der Waals surface area contributed by atoms with Crippen LogP contribution in [-0.4, -0.2) is 44.6 Å². The molecule has 0 aromatic heterocycles. The molecule has 18 heavy (non-hydrogen) atoms. The maximum absolute atomic E-state index is 12.8. The van der Waals surface area contributed by atoms with E-state index in [1.807, 2.05) is 14.1 Å². The largest absolute Gasteiger partial charge is 0.484 e. The Balaban J connectivity index is 2.17. The van der Waals surface area contributed by atoms with E-state index in [1.54, 1.807) is 12.1 Å². The number of hydrogen-bond donors (Lipinski definition) is 1. The van der Waals surface area contributed by atoms with Gasteiger partial charge in [0.2, 0.25) is 0 Å². The summed E-state index contributed by atoms with van der Waals surface area (Å²) in [5, 5.41) is 2.74. The molecule has 1 aromatic rings. The number of benzene rings is 1. The molecule has 0 saturated heterocycles. The smallest absolute Gasteiger partial charge is 0.257 e. The molecule has 0 unspecified atom stereocenters. The lowest BCUT2D eigenvalue weighted by molar-refractivity contribution is -0.123. The average molecular weight is 254 g/mol. The van der Waals surface area contributed by atoms with Gasteiger partial charge in [-0.1, -0.05) is 6.07 Å². The van der Waals surface area contributed by atoms with Crippen LogP contribution in [0.5, 0.6) is 5.75 Å². The van der Waals surface area contributed by atoms with Gasteiger partial charge < -0.3 is 15.0 Å². The molecule has 0 fully saturated rings. The zero-order valence-corrected chi connectivity index (χ0v) is 10.8. The van der Waals surface area contributed by atoms with Crippen LogP contribution >= 0.6 is 0 Å². The Bertz CT molecular complexity index is 383. The maximum atomic E-state index is 12.8. The zero-order valence-electron chi connectivity index (χ0n) is 10.8. The fourth-order valence-corrected chi connectivity index (χ4v) is 1.38. The van der Waals surface area contributed by atoms with Crippen LogP contribution < -0.4 is 10.1 Å². The molecule has 1 N–H and O–H groups in total. The van der Waals surface area contributed by atoms with Crippen LogP contribution in [0.4, 0.5) is 4.39 Å². The van der Waals surface area contributed by atoms with E-state index in [0.717, 1.165) is 13.0 Å². The predicted molar refractivity (Wildman–Crippen MR) is 68.1 cm³/mol. The molecule has 1 aromatic carbocycles. The van der Waals surface area contributed by atoms with Crippen LogP contribution in [0.15, 0.2) is 24.3 Å². The molecule has 4 nitrogen and oxygen atoms in total. The molecule has 0 bridgehead atoms. The van der Waals surface area contributed by atoms with Crippen molar-refractivity contribution in [3.63, 3.8) is 0 Å². The van der Waals surface area contributed by atoms with Gasteiger partial charge >= 0.3 is 0 Å². The maximum Gasteiger partial charge on any atom is 0.257 e. The molecule has 0 atom stereocenters. The van der Waals surface area contributed by atoms with Crippen molar-refractivity contribution in [3.05, 3.63) is 30.1 Å². The van der Waals surface area contributed by atoms with Gasteiger partial charge in [0.25, 0.3) is 5.91 Å². The van der Waals surface area contributed by atoms with Gasteiger partial charge in [-0.15, -0.1) is 0 Å². The van der Waals surface area contributed by atoms with Crippen molar-refractivity contribution < 1.29 is 13.9 Å². The highest BCUT2D eigenvalue weighted by atomic mass is 19.1. The van der Waals surface area contributed by atoms with E-state index in [4.69, 9.17) is 4.74 Å². The minimum atomic E-state index is -0.376. The zero-order chi connectivity index (χ0) is 13.4. The van der Waals surface area contributed by atoms with Crippen LogP contribution in [0.25, 0.3) is 0 Å². The van der Waals surface area contributed by atoms with Crippen LogP contribution in [0.2, 0.25) is 0 Å². The predicted octanol–water partition coefficient (Wildman–Crippen LogP) is 1.27. The number of carbonyl (C=O) groups is 1. The summed E-state index contributed by atoms with van der Waals surface area (Å²) >= 11 is 0. The molecule has 5 heteroatoms. The van der Waals surface area contributed by atoms with Crippen molar-refractivity contribution in [1.29, 1.82) is 0 Å². The van der Waals surface area contributed by atoms with Crippen molar-refractivity contribution in [2.45, 2.75) is 6.42 Å². The normalized spacial score (nSPS) is 10.4. The molecule has 0 heterocycles. The van der Waals surface area contributed by atoms with E-state index in [2.05, 4.69) is 10.2 Å². The van der Waals surface area contributed by atoms with Gasteiger partial charge in [0.05, 0.1) is 0 Å². The second-order valence-corrected chi connectivity index (χ2v) is 4.25. The molecule has 1 amide bonds. The van der Waals surface area contributed by atoms with Gasteiger partial charge in [0, 0.05) is 12.6 Å². The summed E-state index contributed by atoms with van der Waals surface area (Å²) in [5.41, 5.74) is 0. The van der Waals surface area contributed by atoms with Crippen molar-refractivity contribution >= 4 is 5.91 Å². The standard InChI is InChI=1S/C13H19FN2O2/c1-16(2)8-4-7-15-13(17)10-18-12-6-3-5-11(14)9-12/h3,5-6,9H,4,7-8,10H2,1-2H3,(H,15,17). The summed E-state index contributed by atoms with van der Waals surface area (Å²) < 4.78 is 18.0. The van der Waals surface area contributed by atoms with E-state index in [9.17, 15) is 9.18 Å². The Labute approximate surface area is 107 Å². The summed E-state index contributed by atoms with van der Waals surface area (Å²) in [5.74, 6) is -0.213. The second-order valence-electron chi connectivity index (χ2n) is 4.25. The van der Waals surface area contributed by atoms with Crippen molar-refractivity contribution in [2.75, 3.05) is 33.8 Å². The number of nitrogens with one attached hydrogen (secondary N) is 1. The Morgan fingerprint density at radius 2 is 2.22 bits per heavy atom.